The molecule has 5 heteroatoms. The average molecular weight is 352 g/mol. The molecule has 0 radical (unpaired) electrons. The van der Waals surface area contributed by atoms with E-state index in [-0.39, 0.29) is 6.09 Å². The summed E-state index contributed by atoms with van der Waals surface area (Å²) in [6.07, 6.45) is 7.00. The summed E-state index contributed by atoms with van der Waals surface area (Å²) in [5.41, 5.74) is -0.405. The maximum atomic E-state index is 12.5. The number of carbonyl (C=O) groups is 1. The van der Waals surface area contributed by atoms with E-state index in [1.54, 1.807) is 0 Å². The Morgan fingerprint density at radius 3 is 2.24 bits per heavy atom. The van der Waals surface area contributed by atoms with Crippen LogP contribution >= 0.6 is 0 Å². The van der Waals surface area contributed by atoms with Gasteiger partial charge >= 0.3 is 6.09 Å². The Hall–Kier alpha value is -0.810. The van der Waals surface area contributed by atoms with Crippen LogP contribution in [0.2, 0.25) is 0 Å². The topological polar surface area (TPSA) is 44.8 Å². The lowest BCUT2D eigenvalue weighted by Gasteiger charge is -2.40. The van der Waals surface area contributed by atoms with Crippen LogP contribution in [-0.2, 0) is 4.74 Å². The normalized spacial score (nSPS) is 31.4. The number of fused-ring (bicyclic) bond motifs is 2. The minimum Gasteiger partial charge on any atom is -0.444 e. The number of rotatable bonds is 4. The summed E-state index contributed by atoms with van der Waals surface area (Å²) in [6, 6.07) is 1.28. The molecule has 2 bridgehead atoms. The van der Waals surface area contributed by atoms with Crippen LogP contribution in [0.1, 0.15) is 66.2 Å². The predicted octanol–water partition coefficient (Wildman–Crippen LogP) is 3.24. The van der Waals surface area contributed by atoms with Crippen LogP contribution < -0.4 is 5.32 Å². The van der Waals surface area contributed by atoms with Crippen LogP contribution in [0.15, 0.2) is 0 Å². The van der Waals surface area contributed by atoms with Gasteiger partial charge in [0, 0.05) is 31.2 Å². The van der Waals surface area contributed by atoms with E-state index in [2.05, 4.69) is 17.1 Å². The molecule has 0 aliphatic carbocycles. The Morgan fingerprint density at radius 2 is 1.68 bits per heavy atom. The highest BCUT2D eigenvalue weighted by atomic mass is 16.6. The van der Waals surface area contributed by atoms with Gasteiger partial charge < -0.3 is 19.9 Å². The quantitative estimate of drug-likeness (QED) is 0.844. The molecule has 0 aromatic rings. The molecule has 3 rings (SSSR count). The Morgan fingerprint density at radius 1 is 1.08 bits per heavy atom. The highest BCUT2D eigenvalue weighted by Crippen LogP contribution is 2.36. The van der Waals surface area contributed by atoms with E-state index < -0.39 is 5.60 Å². The van der Waals surface area contributed by atoms with Crippen molar-refractivity contribution in [2.75, 3.05) is 26.2 Å². The second-order valence-corrected chi connectivity index (χ2v) is 9.42. The third kappa shape index (κ3) is 5.10. The first-order valence-corrected chi connectivity index (χ1v) is 10.3. The standard InChI is InChI=1S/C20H37N3O2/c1-15-7-10-22(11-8-15)12-9-21-16-13-17-5-6-18(14-16)23(17)19(24)25-20(2,3)4/h15-18,21H,5-14H2,1-4H3. The third-order valence-electron chi connectivity index (χ3n) is 6.07. The van der Waals surface area contributed by atoms with E-state index in [0.717, 1.165) is 44.7 Å². The van der Waals surface area contributed by atoms with E-state index in [4.69, 9.17) is 4.74 Å². The molecule has 0 spiro atoms. The number of nitrogens with one attached hydrogen (secondary N) is 1. The molecule has 3 aliphatic heterocycles. The van der Waals surface area contributed by atoms with Crippen LogP contribution in [0.25, 0.3) is 0 Å². The van der Waals surface area contributed by atoms with Crippen LogP contribution in [0, 0.1) is 5.92 Å². The van der Waals surface area contributed by atoms with E-state index in [1.165, 1.54) is 25.9 Å². The van der Waals surface area contributed by atoms with Gasteiger partial charge in [-0.25, -0.2) is 4.79 Å². The highest BCUT2D eigenvalue weighted by Gasteiger charge is 2.44. The van der Waals surface area contributed by atoms with Gasteiger partial charge in [0.05, 0.1) is 0 Å². The minimum atomic E-state index is -0.405. The minimum absolute atomic E-state index is 0.110. The van der Waals surface area contributed by atoms with E-state index in [0.29, 0.717) is 18.1 Å². The molecule has 3 heterocycles. The van der Waals surface area contributed by atoms with Crippen molar-refractivity contribution in [3.8, 4) is 0 Å². The molecule has 0 aromatic carbocycles. The monoisotopic (exact) mass is 351 g/mol. The molecule has 0 aromatic heterocycles. The lowest BCUT2D eigenvalue weighted by atomic mass is 9.97. The number of carbonyl (C=O) groups excluding carboxylic acids is 1. The fraction of sp³-hybridized carbons (Fsp3) is 0.950. The summed E-state index contributed by atoms with van der Waals surface area (Å²) in [7, 11) is 0. The molecule has 2 atom stereocenters. The van der Waals surface area contributed by atoms with Gasteiger partial charge in [-0.15, -0.1) is 0 Å². The van der Waals surface area contributed by atoms with Gasteiger partial charge in [-0.2, -0.15) is 0 Å². The Labute approximate surface area is 153 Å². The number of piperidine rings is 2. The summed E-state index contributed by atoms with van der Waals surface area (Å²) in [6.45, 7) is 13.0. The fourth-order valence-electron chi connectivity index (χ4n) is 4.67. The first-order valence-electron chi connectivity index (χ1n) is 10.3. The number of hydrogen-bond acceptors (Lipinski definition) is 4. The van der Waals surface area contributed by atoms with Crippen molar-refractivity contribution >= 4 is 6.09 Å². The Bertz CT molecular complexity index is 440. The molecule has 3 aliphatic rings. The SMILES string of the molecule is CC1CCN(CCNC2CC3CCC(C2)N3C(=O)OC(C)(C)C)CC1. The molecule has 2 unspecified atom stereocenters. The van der Waals surface area contributed by atoms with Crippen LogP contribution in [0.4, 0.5) is 4.79 Å². The molecule has 0 saturated carbocycles. The van der Waals surface area contributed by atoms with Crippen LogP contribution in [-0.4, -0.2) is 65.8 Å². The summed E-state index contributed by atoms with van der Waals surface area (Å²) < 4.78 is 5.62. The molecular formula is C20H37N3O2. The highest BCUT2D eigenvalue weighted by molar-refractivity contribution is 5.69. The van der Waals surface area contributed by atoms with Crippen molar-refractivity contribution in [1.82, 2.24) is 15.1 Å². The average Bonchev–Trinajstić information content (AvgIpc) is 2.79. The summed E-state index contributed by atoms with van der Waals surface area (Å²) in [5.74, 6) is 0.900. The van der Waals surface area contributed by atoms with Gasteiger partial charge in [-0.3, -0.25) is 0 Å². The predicted molar refractivity (Wildman–Crippen MR) is 101 cm³/mol. The molecule has 3 saturated heterocycles. The number of nitrogens with zero attached hydrogens (tertiary/aromatic N) is 2. The first kappa shape index (κ1) is 19.0. The van der Waals surface area contributed by atoms with Crippen molar-refractivity contribution in [3.05, 3.63) is 0 Å². The van der Waals surface area contributed by atoms with Gasteiger partial charge in [0.2, 0.25) is 0 Å². The van der Waals surface area contributed by atoms with Crippen molar-refractivity contribution in [2.24, 2.45) is 5.92 Å². The molecule has 144 valence electrons. The Balaban J connectivity index is 1.42. The van der Waals surface area contributed by atoms with Gasteiger partial charge in [0.1, 0.15) is 5.60 Å². The van der Waals surface area contributed by atoms with Crippen LogP contribution in [0.3, 0.4) is 0 Å². The van der Waals surface area contributed by atoms with Gasteiger partial charge in [-0.05, 0) is 78.3 Å². The summed E-state index contributed by atoms with van der Waals surface area (Å²) in [5, 5.41) is 3.77. The number of amides is 1. The first-order chi connectivity index (χ1) is 11.8. The zero-order valence-corrected chi connectivity index (χ0v) is 16.6. The number of hydrogen-bond donors (Lipinski definition) is 1. The molecule has 25 heavy (non-hydrogen) atoms. The van der Waals surface area contributed by atoms with E-state index >= 15 is 0 Å². The molecule has 5 nitrogen and oxygen atoms in total. The maximum absolute atomic E-state index is 12.5. The van der Waals surface area contributed by atoms with Crippen molar-refractivity contribution in [1.29, 1.82) is 0 Å². The van der Waals surface area contributed by atoms with Gasteiger partial charge in [-0.1, -0.05) is 6.92 Å². The van der Waals surface area contributed by atoms with E-state index in [1.807, 2.05) is 25.7 Å². The Kier molecular flexibility index (Phi) is 5.94. The van der Waals surface area contributed by atoms with Gasteiger partial charge in [0.25, 0.3) is 0 Å². The smallest absolute Gasteiger partial charge is 0.410 e. The van der Waals surface area contributed by atoms with E-state index in [9.17, 15) is 4.79 Å². The second kappa shape index (κ2) is 7.83. The largest absolute Gasteiger partial charge is 0.444 e. The third-order valence-corrected chi connectivity index (χ3v) is 6.07. The van der Waals surface area contributed by atoms with Crippen molar-refractivity contribution in [3.63, 3.8) is 0 Å². The summed E-state index contributed by atoms with van der Waals surface area (Å²) in [4.78, 5) is 17.1. The fourth-order valence-corrected chi connectivity index (χ4v) is 4.67. The van der Waals surface area contributed by atoms with Gasteiger partial charge in [0.15, 0.2) is 0 Å². The molecule has 3 fully saturated rings. The van der Waals surface area contributed by atoms with Crippen molar-refractivity contribution < 1.29 is 9.53 Å². The zero-order valence-electron chi connectivity index (χ0n) is 16.6. The van der Waals surface area contributed by atoms with Crippen LogP contribution in [0.5, 0.6) is 0 Å². The lowest BCUT2D eigenvalue weighted by Crippen LogP contribution is -2.53. The number of likely N-dealkylation sites (tertiary alicyclic amines) is 1. The molecule has 1 N–H and O–H groups in total. The summed E-state index contributed by atoms with van der Waals surface area (Å²) >= 11 is 0. The molecule has 1 amide bonds. The zero-order chi connectivity index (χ0) is 18.0. The van der Waals surface area contributed by atoms with Crippen molar-refractivity contribution in [2.45, 2.75) is 89.9 Å². The molecular weight excluding hydrogens is 314 g/mol. The lowest BCUT2D eigenvalue weighted by molar-refractivity contribution is 0.00464. The maximum Gasteiger partial charge on any atom is 0.410 e. The number of ether oxygens (including phenoxy) is 1. The second-order valence-electron chi connectivity index (χ2n) is 9.42.